The molecule has 0 aliphatic rings. The summed E-state index contributed by atoms with van der Waals surface area (Å²) < 4.78 is 44.5. The molecule has 0 heterocycles. The van der Waals surface area contributed by atoms with Crippen molar-refractivity contribution in [1.82, 2.24) is 0 Å². The molecule has 0 bridgehead atoms. The van der Waals surface area contributed by atoms with Crippen LogP contribution >= 0.6 is 0 Å². The Morgan fingerprint density at radius 1 is 1.08 bits per heavy atom. The molecular weight excluding hydrogens is 144 g/mol. The fraction of sp³-hybridized carbons (Fsp3) is 0.167. The van der Waals surface area contributed by atoms with E-state index in [9.17, 15) is 0 Å². The van der Waals surface area contributed by atoms with E-state index in [0.717, 1.165) is 5.39 Å². The van der Waals surface area contributed by atoms with E-state index < -0.39 is 13.7 Å². The number of hydrogen-bond acceptors (Lipinski definition) is 0. The summed E-state index contributed by atoms with van der Waals surface area (Å²) >= 11 is 0. The lowest BCUT2D eigenvalue weighted by Crippen LogP contribution is -1.78. The maximum atomic E-state index is 7.47. The van der Waals surface area contributed by atoms with Crippen LogP contribution in [0.25, 0.3) is 10.8 Å². The van der Waals surface area contributed by atoms with Gasteiger partial charge in [0.05, 0.1) is 0 Å². The summed E-state index contributed by atoms with van der Waals surface area (Å²) in [6, 6.07) is 9.56. The topological polar surface area (TPSA) is 0 Å². The summed E-state index contributed by atoms with van der Waals surface area (Å²) in [4.78, 5) is 0. The molecule has 0 saturated heterocycles. The standard InChI is InChI=1S/C12H12/c1-9-6-7-11-5-3-4-10(2)12(11)8-9/h3-8H,1-2H3/i1D3,2D3. The van der Waals surface area contributed by atoms with Gasteiger partial charge in [0.2, 0.25) is 0 Å². The molecule has 0 heteroatoms. The normalized spacial score (nSPS) is 20.0. The van der Waals surface area contributed by atoms with Crippen LogP contribution in [0.1, 0.15) is 19.4 Å². The van der Waals surface area contributed by atoms with Gasteiger partial charge in [-0.2, -0.15) is 0 Å². The monoisotopic (exact) mass is 162 g/mol. The van der Waals surface area contributed by atoms with Crippen molar-refractivity contribution in [1.29, 1.82) is 0 Å². The number of fused-ring (bicyclic) bond motifs is 1. The van der Waals surface area contributed by atoms with Crippen molar-refractivity contribution in [2.45, 2.75) is 13.7 Å². The molecule has 0 nitrogen and oxygen atoms in total. The lowest BCUT2D eigenvalue weighted by Gasteiger charge is -2.01. The Kier molecular flexibility index (Phi) is 0.705. The molecule has 0 atom stereocenters. The Morgan fingerprint density at radius 3 is 2.92 bits per heavy atom. The van der Waals surface area contributed by atoms with Crippen LogP contribution in [-0.2, 0) is 0 Å². The molecular formula is C12H12. The quantitative estimate of drug-likeness (QED) is 0.556. The predicted molar refractivity (Wildman–Crippen MR) is 53.4 cm³/mol. The van der Waals surface area contributed by atoms with Gasteiger partial charge in [0.15, 0.2) is 0 Å². The molecule has 2 aromatic rings. The minimum Gasteiger partial charge on any atom is -0.0614 e. The van der Waals surface area contributed by atoms with E-state index in [1.807, 2.05) is 0 Å². The highest BCUT2D eigenvalue weighted by molar-refractivity contribution is 5.86. The number of aryl methyl sites for hydroxylation is 2. The maximum absolute atomic E-state index is 7.47. The largest absolute Gasteiger partial charge is 0.0614 e. The van der Waals surface area contributed by atoms with Crippen LogP contribution < -0.4 is 0 Å². The van der Waals surface area contributed by atoms with E-state index in [0.29, 0.717) is 5.39 Å². The zero-order valence-electron chi connectivity index (χ0n) is 12.5. The second-order valence-corrected chi connectivity index (χ2v) is 2.74. The first kappa shape index (κ1) is 3.21. The molecule has 0 radical (unpaired) electrons. The van der Waals surface area contributed by atoms with Crippen LogP contribution in [0.2, 0.25) is 0 Å². The SMILES string of the molecule is [2H]C([2H])([2H])c1ccc2cccc(C([2H])([2H])[2H])c2c1. The Balaban J connectivity index is 2.74. The van der Waals surface area contributed by atoms with Crippen molar-refractivity contribution in [3.8, 4) is 0 Å². The third-order valence-corrected chi connectivity index (χ3v) is 1.88. The number of rotatable bonds is 0. The summed E-state index contributed by atoms with van der Waals surface area (Å²) in [7, 11) is 0. The van der Waals surface area contributed by atoms with Gasteiger partial charge in [0, 0.05) is 8.22 Å². The Hall–Kier alpha value is -1.30. The van der Waals surface area contributed by atoms with Gasteiger partial charge in [-0.25, -0.2) is 0 Å². The van der Waals surface area contributed by atoms with Gasteiger partial charge in [-0.3, -0.25) is 0 Å². The average Bonchev–Trinajstić information content (AvgIpc) is 2.25. The summed E-state index contributed by atoms with van der Waals surface area (Å²) in [5, 5.41) is 1.21. The molecule has 60 valence electrons. The van der Waals surface area contributed by atoms with Gasteiger partial charge in [-0.1, -0.05) is 42.0 Å². The minimum absolute atomic E-state index is 0.159. The van der Waals surface area contributed by atoms with Crippen LogP contribution in [0.3, 0.4) is 0 Å². The summed E-state index contributed by atoms with van der Waals surface area (Å²) in [5.74, 6) is 0. The van der Waals surface area contributed by atoms with Crippen LogP contribution in [0.5, 0.6) is 0 Å². The van der Waals surface area contributed by atoms with Crippen LogP contribution in [-0.4, -0.2) is 0 Å². The first-order valence-electron chi connectivity index (χ1n) is 6.73. The van der Waals surface area contributed by atoms with Crippen molar-refractivity contribution in [2.24, 2.45) is 0 Å². The molecule has 0 spiro atoms. The smallest absolute Gasteiger partial charge is 0.0280 e. The van der Waals surface area contributed by atoms with Crippen LogP contribution in [0.15, 0.2) is 36.4 Å². The van der Waals surface area contributed by atoms with Crippen LogP contribution in [0, 0.1) is 13.7 Å². The van der Waals surface area contributed by atoms with E-state index in [1.54, 1.807) is 18.2 Å². The Bertz CT molecular complexity index is 579. The average molecular weight is 162 g/mol. The van der Waals surface area contributed by atoms with Gasteiger partial charge >= 0.3 is 0 Å². The lowest BCUT2D eigenvalue weighted by molar-refractivity contribution is 1.47. The number of benzene rings is 2. The Morgan fingerprint density at radius 2 is 2.08 bits per heavy atom. The second kappa shape index (κ2) is 2.63. The molecule has 2 aromatic carbocycles. The highest BCUT2D eigenvalue weighted by Gasteiger charge is 1.95. The molecule has 0 amide bonds. The molecule has 0 N–H and O–H groups in total. The van der Waals surface area contributed by atoms with Crippen molar-refractivity contribution in [3.63, 3.8) is 0 Å². The molecule has 2 rings (SSSR count). The fourth-order valence-corrected chi connectivity index (χ4v) is 1.27. The summed E-state index contributed by atoms with van der Waals surface area (Å²) in [6.07, 6.45) is 0. The van der Waals surface area contributed by atoms with E-state index in [-0.39, 0.29) is 11.1 Å². The van der Waals surface area contributed by atoms with Crippen molar-refractivity contribution >= 4 is 10.8 Å². The van der Waals surface area contributed by atoms with E-state index in [2.05, 4.69) is 0 Å². The molecule has 0 aliphatic heterocycles. The van der Waals surface area contributed by atoms with Crippen molar-refractivity contribution < 1.29 is 8.22 Å². The van der Waals surface area contributed by atoms with E-state index in [1.165, 1.54) is 18.2 Å². The third kappa shape index (κ3) is 1.10. The van der Waals surface area contributed by atoms with E-state index in [4.69, 9.17) is 8.22 Å². The van der Waals surface area contributed by atoms with Gasteiger partial charge in [-0.05, 0) is 30.0 Å². The zero-order valence-corrected chi connectivity index (χ0v) is 6.46. The minimum atomic E-state index is -2.24. The number of hydrogen-bond donors (Lipinski definition) is 0. The van der Waals surface area contributed by atoms with Gasteiger partial charge < -0.3 is 0 Å². The lowest BCUT2D eigenvalue weighted by atomic mass is 10.0. The van der Waals surface area contributed by atoms with E-state index >= 15 is 0 Å². The zero-order chi connectivity index (χ0) is 13.6. The van der Waals surface area contributed by atoms with Gasteiger partial charge in [0.25, 0.3) is 0 Å². The summed E-state index contributed by atoms with van der Waals surface area (Å²) in [6.45, 7) is -4.47. The first-order valence-corrected chi connectivity index (χ1v) is 3.73. The maximum Gasteiger partial charge on any atom is 0.0280 e. The third-order valence-electron chi connectivity index (χ3n) is 1.88. The molecule has 0 unspecified atom stereocenters. The second-order valence-electron chi connectivity index (χ2n) is 2.74. The molecule has 0 fully saturated rings. The molecule has 0 saturated carbocycles. The molecule has 0 aliphatic carbocycles. The summed E-state index contributed by atoms with van der Waals surface area (Å²) in [5.41, 5.74) is 0.345. The van der Waals surface area contributed by atoms with Crippen molar-refractivity contribution in [2.75, 3.05) is 0 Å². The Labute approximate surface area is 81.3 Å². The van der Waals surface area contributed by atoms with Crippen molar-refractivity contribution in [3.05, 3.63) is 47.5 Å². The van der Waals surface area contributed by atoms with Crippen LogP contribution in [0.4, 0.5) is 0 Å². The van der Waals surface area contributed by atoms with Gasteiger partial charge in [-0.15, -0.1) is 0 Å². The highest BCUT2D eigenvalue weighted by Crippen LogP contribution is 2.18. The predicted octanol–water partition coefficient (Wildman–Crippen LogP) is 3.46. The van der Waals surface area contributed by atoms with Gasteiger partial charge in [0.1, 0.15) is 0 Å². The first-order chi connectivity index (χ1) is 8.19. The molecule has 0 aromatic heterocycles. The molecule has 12 heavy (non-hydrogen) atoms. The highest BCUT2D eigenvalue weighted by atomic mass is 14.0. The fourth-order valence-electron chi connectivity index (χ4n) is 1.27.